The Hall–Kier alpha value is -4.53. The van der Waals surface area contributed by atoms with Gasteiger partial charge in [-0.3, -0.25) is 9.59 Å². The standard InChI is InChI=1S/C37H25ClO2/c38-37(33(39)28-20-10-3-11-21-28)35(29-22-12-4-13-23-29)32(27-18-8-2-9-19-27)31(26-16-6-1-7-17-26)34(40)36(35,37)30-24-14-5-15-25-30/h1-25H. The number of benzene rings is 5. The molecule has 0 heterocycles. The number of ketones is 2. The fraction of sp³-hybridized carbons (Fsp3) is 0.0811. The zero-order chi connectivity index (χ0) is 27.4. The van der Waals surface area contributed by atoms with Crippen molar-refractivity contribution in [3.05, 3.63) is 179 Å². The smallest absolute Gasteiger partial charge is 0.186 e. The van der Waals surface area contributed by atoms with E-state index < -0.39 is 15.7 Å². The zero-order valence-corrected chi connectivity index (χ0v) is 22.4. The van der Waals surface area contributed by atoms with Crippen LogP contribution in [0.1, 0.15) is 32.6 Å². The maximum Gasteiger partial charge on any atom is 0.186 e. The lowest BCUT2D eigenvalue weighted by Crippen LogP contribution is -2.35. The predicted molar refractivity (Wildman–Crippen MR) is 160 cm³/mol. The van der Waals surface area contributed by atoms with Crippen LogP contribution in [0.4, 0.5) is 0 Å². The van der Waals surface area contributed by atoms with Crippen molar-refractivity contribution >= 4 is 34.3 Å². The number of halogens is 1. The fourth-order valence-corrected chi connectivity index (χ4v) is 7.90. The molecule has 7 rings (SSSR count). The van der Waals surface area contributed by atoms with Crippen molar-refractivity contribution in [2.45, 2.75) is 15.7 Å². The number of fused-ring (bicyclic) bond motifs is 1. The SMILES string of the molecule is O=C(c1ccccc1)C1(Cl)C2(c3ccccc3)C(=O)C(c3ccccc3)=C(c3ccccc3)C12c1ccccc1. The van der Waals surface area contributed by atoms with Crippen LogP contribution in [0, 0.1) is 0 Å². The molecule has 0 N–H and O–H groups in total. The van der Waals surface area contributed by atoms with Gasteiger partial charge in [-0.05, 0) is 27.8 Å². The number of alkyl halides is 1. The Balaban J connectivity index is 1.67. The van der Waals surface area contributed by atoms with Gasteiger partial charge in [-0.1, -0.05) is 152 Å². The Labute approximate surface area is 238 Å². The van der Waals surface area contributed by atoms with E-state index in [1.54, 1.807) is 12.1 Å². The van der Waals surface area contributed by atoms with E-state index in [4.69, 9.17) is 11.6 Å². The summed E-state index contributed by atoms with van der Waals surface area (Å²) in [6.07, 6.45) is 0. The molecule has 0 aromatic heterocycles. The Morgan fingerprint density at radius 2 is 0.900 bits per heavy atom. The molecule has 0 radical (unpaired) electrons. The van der Waals surface area contributed by atoms with Gasteiger partial charge in [-0.25, -0.2) is 0 Å². The number of rotatable bonds is 6. The summed E-state index contributed by atoms with van der Waals surface area (Å²) in [5.74, 6) is -0.386. The van der Waals surface area contributed by atoms with Crippen molar-refractivity contribution in [3.63, 3.8) is 0 Å². The van der Waals surface area contributed by atoms with Crippen LogP contribution in [0.2, 0.25) is 0 Å². The van der Waals surface area contributed by atoms with Crippen molar-refractivity contribution in [1.29, 1.82) is 0 Å². The van der Waals surface area contributed by atoms with Gasteiger partial charge < -0.3 is 0 Å². The third-order valence-electron chi connectivity index (χ3n) is 8.61. The maximum absolute atomic E-state index is 15.3. The lowest BCUT2D eigenvalue weighted by Gasteiger charge is -2.26. The molecule has 5 aromatic carbocycles. The van der Waals surface area contributed by atoms with Crippen LogP contribution in [-0.2, 0) is 15.6 Å². The molecule has 5 aromatic rings. The van der Waals surface area contributed by atoms with Gasteiger partial charge in [-0.2, -0.15) is 0 Å². The monoisotopic (exact) mass is 536 g/mol. The van der Waals surface area contributed by atoms with Gasteiger partial charge >= 0.3 is 0 Å². The van der Waals surface area contributed by atoms with Gasteiger partial charge in [0.25, 0.3) is 0 Å². The van der Waals surface area contributed by atoms with Gasteiger partial charge in [0.15, 0.2) is 11.6 Å². The van der Waals surface area contributed by atoms with E-state index in [-0.39, 0.29) is 11.6 Å². The summed E-state index contributed by atoms with van der Waals surface area (Å²) in [5.41, 5.74) is 2.65. The van der Waals surface area contributed by atoms with E-state index in [1.165, 1.54) is 0 Å². The molecule has 0 saturated heterocycles. The number of allylic oxidation sites excluding steroid dienone is 2. The third kappa shape index (κ3) is 2.89. The molecule has 0 bridgehead atoms. The topological polar surface area (TPSA) is 34.1 Å². The maximum atomic E-state index is 15.3. The number of carbonyl (C=O) groups is 2. The summed E-state index contributed by atoms with van der Waals surface area (Å²) in [5, 5.41) is 0. The van der Waals surface area contributed by atoms with Gasteiger partial charge in [0.1, 0.15) is 10.3 Å². The molecule has 2 aliphatic carbocycles. The van der Waals surface area contributed by atoms with Crippen LogP contribution in [-0.4, -0.2) is 16.4 Å². The van der Waals surface area contributed by atoms with Gasteiger partial charge in [0.2, 0.25) is 0 Å². The van der Waals surface area contributed by atoms with E-state index in [0.29, 0.717) is 11.1 Å². The first-order chi connectivity index (χ1) is 19.6. The first-order valence-corrected chi connectivity index (χ1v) is 13.8. The number of hydrogen-bond donors (Lipinski definition) is 0. The van der Waals surface area contributed by atoms with Gasteiger partial charge in [0, 0.05) is 11.1 Å². The number of Topliss-reactive ketones (excluding diaryl/α,β-unsaturated/α-hetero) is 2. The highest BCUT2D eigenvalue weighted by atomic mass is 35.5. The van der Waals surface area contributed by atoms with E-state index in [2.05, 4.69) is 0 Å². The second kappa shape index (κ2) is 9.01. The van der Waals surface area contributed by atoms with E-state index in [0.717, 1.165) is 27.8 Å². The van der Waals surface area contributed by atoms with Crippen molar-refractivity contribution in [2.75, 3.05) is 0 Å². The largest absolute Gasteiger partial charge is 0.293 e. The highest BCUT2D eigenvalue weighted by molar-refractivity contribution is 6.56. The first kappa shape index (κ1) is 24.5. The summed E-state index contributed by atoms with van der Waals surface area (Å²) in [4.78, 5) is 28.5. The van der Waals surface area contributed by atoms with Crippen molar-refractivity contribution < 1.29 is 9.59 Å². The molecule has 1 fully saturated rings. The van der Waals surface area contributed by atoms with Crippen LogP contribution < -0.4 is 0 Å². The van der Waals surface area contributed by atoms with Gasteiger partial charge in [0.05, 0.1) is 5.41 Å². The summed E-state index contributed by atoms with van der Waals surface area (Å²) >= 11 is 7.87. The quantitative estimate of drug-likeness (QED) is 0.163. The van der Waals surface area contributed by atoms with Crippen LogP contribution in [0.25, 0.3) is 11.1 Å². The average molecular weight is 537 g/mol. The summed E-state index contributed by atoms with van der Waals surface area (Å²) in [6, 6.07) is 48.3. The second-order valence-electron chi connectivity index (χ2n) is 10.4. The molecule has 2 nitrogen and oxygen atoms in total. The normalized spacial score (nSPS) is 25.0. The third-order valence-corrected chi connectivity index (χ3v) is 9.35. The van der Waals surface area contributed by atoms with E-state index in [9.17, 15) is 4.79 Å². The average Bonchev–Trinajstić information content (AvgIpc) is 3.44. The molecule has 0 amide bonds. The second-order valence-corrected chi connectivity index (χ2v) is 11.0. The zero-order valence-electron chi connectivity index (χ0n) is 21.6. The molecular weight excluding hydrogens is 512 g/mol. The van der Waals surface area contributed by atoms with Crippen LogP contribution in [0.3, 0.4) is 0 Å². The van der Waals surface area contributed by atoms with Crippen molar-refractivity contribution in [1.82, 2.24) is 0 Å². The molecule has 3 heteroatoms. The molecule has 2 aliphatic rings. The highest BCUT2D eigenvalue weighted by Gasteiger charge is 2.97. The van der Waals surface area contributed by atoms with Crippen LogP contribution in [0.5, 0.6) is 0 Å². The molecule has 40 heavy (non-hydrogen) atoms. The minimum Gasteiger partial charge on any atom is -0.293 e. The Morgan fingerprint density at radius 3 is 1.40 bits per heavy atom. The van der Waals surface area contributed by atoms with Crippen molar-refractivity contribution in [3.8, 4) is 0 Å². The minimum absolute atomic E-state index is 0.133. The molecular formula is C37H25ClO2. The first-order valence-electron chi connectivity index (χ1n) is 13.4. The van der Waals surface area contributed by atoms with E-state index >= 15 is 4.79 Å². The summed E-state index contributed by atoms with van der Waals surface area (Å²) < 4.78 is 0. The Morgan fingerprint density at radius 1 is 0.500 bits per heavy atom. The molecule has 0 spiro atoms. The predicted octanol–water partition coefficient (Wildman–Crippen LogP) is 7.93. The Kier molecular flexibility index (Phi) is 5.52. The fourth-order valence-electron chi connectivity index (χ4n) is 7.16. The summed E-state index contributed by atoms with van der Waals surface area (Å²) in [7, 11) is 0. The highest BCUT2D eigenvalue weighted by Crippen LogP contribution is 2.85. The van der Waals surface area contributed by atoms with Crippen LogP contribution >= 0.6 is 11.6 Å². The molecule has 3 unspecified atom stereocenters. The molecule has 0 aliphatic heterocycles. The van der Waals surface area contributed by atoms with Gasteiger partial charge in [-0.15, -0.1) is 11.6 Å². The van der Waals surface area contributed by atoms with E-state index in [1.807, 2.05) is 140 Å². The van der Waals surface area contributed by atoms with Crippen LogP contribution in [0.15, 0.2) is 152 Å². The lowest BCUT2D eigenvalue weighted by atomic mass is 9.77. The van der Waals surface area contributed by atoms with Crippen molar-refractivity contribution in [2.24, 2.45) is 0 Å². The number of hydrogen-bond acceptors (Lipinski definition) is 2. The minimum atomic E-state index is -1.59. The lowest BCUT2D eigenvalue weighted by molar-refractivity contribution is -0.116. The number of carbonyl (C=O) groups excluding carboxylic acids is 2. The molecule has 1 saturated carbocycles. The Bertz CT molecular complexity index is 1770. The molecule has 3 atom stereocenters. The molecule has 192 valence electrons. The summed E-state index contributed by atoms with van der Waals surface area (Å²) in [6.45, 7) is 0.